The number of carbonyl (C=O) groups excluding carboxylic acids is 1. The number of sulfonamides is 1. The number of rotatable bonds is 5. The minimum atomic E-state index is -3.24. The highest BCUT2D eigenvalue weighted by Crippen LogP contribution is 2.19. The van der Waals surface area contributed by atoms with Gasteiger partial charge >= 0.3 is 6.03 Å². The van der Waals surface area contributed by atoms with Crippen molar-refractivity contribution < 1.29 is 17.9 Å². The van der Waals surface area contributed by atoms with Gasteiger partial charge in [-0.05, 0) is 39.0 Å². The molecule has 0 bridgehead atoms. The van der Waals surface area contributed by atoms with Crippen LogP contribution in [0.5, 0.6) is 0 Å². The molecule has 0 aromatic rings. The van der Waals surface area contributed by atoms with E-state index in [1.165, 1.54) is 0 Å². The van der Waals surface area contributed by atoms with Crippen LogP contribution in [-0.2, 0) is 14.8 Å². The number of hydrogen-bond donors (Lipinski definition) is 2. The van der Waals surface area contributed by atoms with Crippen molar-refractivity contribution in [3.8, 4) is 0 Å². The zero-order chi connectivity index (χ0) is 16.2. The number of piperidine rings is 1. The van der Waals surface area contributed by atoms with E-state index in [-0.39, 0.29) is 30.8 Å². The summed E-state index contributed by atoms with van der Waals surface area (Å²) in [7, 11) is -3.24. The van der Waals surface area contributed by atoms with Crippen molar-refractivity contribution in [1.82, 2.24) is 14.9 Å². The minimum absolute atomic E-state index is 0.0274. The molecular weight excluding hydrogens is 306 g/mol. The zero-order valence-electron chi connectivity index (χ0n) is 13.4. The van der Waals surface area contributed by atoms with Crippen LogP contribution in [0.3, 0.4) is 0 Å². The molecule has 0 aromatic carbocycles. The Morgan fingerprint density at radius 1 is 1.32 bits per heavy atom. The lowest BCUT2D eigenvalue weighted by atomic mass is 10.0. The van der Waals surface area contributed by atoms with Gasteiger partial charge in [-0.25, -0.2) is 17.9 Å². The van der Waals surface area contributed by atoms with Crippen LogP contribution in [-0.4, -0.2) is 63.5 Å². The van der Waals surface area contributed by atoms with E-state index >= 15 is 0 Å². The van der Waals surface area contributed by atoms with Gasteiger partial charge in [-0.1, -0.05) is 0 Å². The van der Waals surface area contributed by atoms with E-state index in [9.17, 15) is 13.2 Å². The Morgan fingerprint density at radius 3 is 2.73 bits per heavy atom. The van der Waals surface area contributed by atoms with Gasteiger partial charge in [0, 0.05) is 25.7 Å². The molecule has 2 heterocycles. The van der Waals surface area contributed by atoms with Gasteiger partial charge in [0.05, 0.1) is 18.4 Å². The summed E-state index contributed by atoms with van der Waals surface area (Å²) in [5, 5.41) is 3.00. The lowest BCUT2D eigenvalue weighted by molar-refractivity contribution is 0.0801. The van der Waals surface area contributed by atoms with Crippen LogP contribution in [0.15, 0.2) is 0 Å². The molecule has 2 N–H and O–H groups in total. The van der Waals surface area contributed by atoms with Crippen molar-refractivity contribution in [2.45, 2.75) is 57.2 Å². The third-order valence-electron chi connectivity index (χ3n) is 4.34. The molecule has 2 saturated heterocycles. The number of ether oxygens (including phenoxy) is 1. The molecule has 22 heavy (non-hydrogen) atoms. The molecule has 0 radical (unpaired) electrons. The first-order chi connectivity index (χ1) is 10.4. The Labute approximate surface area is 132 Å². The summed E-state index contributed by atoms with van der Waals surface area (Å²) in [6.07, 6.45) is 6.03. The van der Waals surface area contributed by atoms with E-state index in [1.54, 1.807) is 4.90 Å². The van der Waals surface area contributed by atoms with Crippen molar-refractivity contribution in [3.05, 3.63) is 0 Å². The van der Waals surface area contributed by atoms with E-state index in [0.717, 1.165) is 45.0 Å². The summed E-state index contributed by atoms with van der Waals surface area (Å²) in [5.74, 6) is 0. The normalized spacial score (nSPS) is 27.6. The Bertz CT molecular complexity index is 476. The van der Waals surface area contributed by atoms with Crippen LogP contribution in [0.4, 0.5) is 4.79 Å². The highest BCUT2D eigenvalue weighted by Gasteiger charge is 2.30. The first-order valence-corrected chi connectivity index (χ1v) is 9.89. The lowest BCUT2D eigenvalue weighted by Crippen LogP contribution is -2.55. The summed E-state index contributed by atoms with van der Waals surface area (Å²) in [4.78, 5) is 14.2. The Morgan fingerprint density at radius 2 is 2.09 bits per heavy atom. The molecule has 0 aliphatic carbocycles. The number of urea groups is 1. The zero-order valence-corrected chi connectivity index (χ0v) is 14.2. The number of hydrogen-bond acceptors (Lipinski definition) is 4. The topological polar surface area (TPSA) is 87.7 Å². The average Bonchev–Trinajstić information content (AvgIpc) is 2.99. The van der Waals surface area contributed by atoms with E-state index in [2.05, 4.69) is 10.0 Å². The molecular formula is C14H27N3O4S. The van der Waals surface area contributed by atoms with Gasteiger partial charge in [0.25, 0.3) is 0 Å². The second-order valence-corrected chi connectivity index (χ2v) is 8.09. The maximum atomic E-state index is 12.5. The molecule has 0 aromatic heterocycles. The summed E-state index contributed by atoms with van der Waals surface area (Å²) in [5.41, 5.74) is 0. The predicted molar refractivity (Wildman–Crippen MR) is 84.2 cm³/mol. The van der Waals surface area contributed by atoms with Crippen LogP contribution in [0.2, 0.25) is 0 Å². The van der Waals surface area contributed by atoms with Crippen LogP contribution >= 0.6 is 0 Å². The van der Waals surface area contributed by atoms with Gasteiger partial charge in [0.15, 0.2) is 0 Å². The van der Waals surface area contributed by atoms with Crippen molar-refractivity contribution >= 4 is 16.1 Å². The molecule has 3 unspecified atom stereocenters. The van der Waals surface area contributed by atoms with Crippen molar-refractivity contribution in [2.24, 2.45) is 0 Å². The smallest absolute Gasteiger partial charge is 0.317 e. The van der Waals surface area contributed by atoms with E-state index in [4.69, 9.17) is 4.74 Å². The largest absolute Gasteiger partial charge is 0.376 e. The molecule has 2 aliphatic rings. The third-order valence-corrected chi connectivity index (χ3v) is 5.03. The second-order valence-electron chi connectivity index (χ2n) is 6.25. The molecule has 128 valence electrons. The van der Waals surface area contributed by atoms with Gasteiger partial charge < -0.3 is 15.0 Å². The standard InChI is InChI=1S/C14H27N3O4S/c1-11(13-7-5-9-21-13)16-14(18)17-8-4-3-6-12(17)10-15-22(2,19)20/h11-13,15H,3-10H2,1-2H3,(H,16,18). The summed E-state index contributed by atoms with van der Waals surface area (Å²) in [6, 6.07) is -0.233. The maximum Gasteiger partial charge on any atom is 0.317 e. The molecule has 2 rings (SSSR count). The minimum Gasteiger partial charge on any atom is -0.376 e. The Balaban J connectivity index is 1.89. The number of nitrogens with zero attached hydrogens (tertiary/aromatic N) is 1. The van der Waals surface area contributed by atoms with Crippen LogP contribution in [0.25, 0.3) is 0 Å². The van der Waals surface area contributed by atoms with Gasteiger partial charge in [-0.15, -0.1) is 0 Å². The highest BCUT2D eigenvalue weighted by molar-refractivity contribution is 7.88. The quantitative estimate of drug-likeness (QED) is 0.774. The number of likely N-dealkylation sites (tertiary alicyclic amines) is 1. The fourth-order valence-electron chi connectivity index (χ4n) is 3.10. The first-order valence-electron chi connectivity index (χ1n) is 8.00. The second kappa shape index (κ2) is 7.61. The molecule has 7 nitrogen and oxygen atoms in total. The van der Waals surface area contributed by atoms with Gasteiger partial charge in [0.1, 0.15) is 0 Å². The monoisotopic (exact) mass is 333 g/mol. The lowest BCUT2D eigenvalue weighted by Gasteiger charge is -2.37. The van der Waals surface area contributed by atoms with Crippen LogP contribution in [0.1, 0.15) is 39.0 Å². The van der Waals surface area contributed by atoms with Crippen molar-refractivity contribution in [3.63, 3.8) is 0 Å². The fourth-order valence-corrected chi connectivity index (χ4v) is 3.59. The summed E-state index contributed by atoms with van der Waals surface area (Å²) >= 11 is 0. The average molecular weight is 333 g/mol. The van der Waals surface area contributed by atoms with Crippen molar-refractivity contribution in [1.29, 1.82) is 0 Å². The molecule has 3 atom stereocenters. The Hall–Kier alpha value is -0.860. The molecule has 0 spiro atoms. The Kier molecular flexibility index (Phi) is 6.05. The third kappa shape index (κ3) is 5.10. The molecule has 2 amide bonds. The number of carbonyl (C=O) groups is 1. The SMILES string of the molecule is CC(NC(=O)N1CCCCC1CNS(C)(=O)=O)C1CCCO1. The molecule has 0 saturated carbocycles. The van der Waals surface area contributed by atoms with Crippen LogP contribution < -0.4 is 10.0 Å². The molecule has 8 heteroatoms. The predicted octanol–water partition coefficient (Wildman–Crippen LogP) is 0.667. The van der Waals surface area contributed by atoms with Gasteiger partial charge in [-0.2, -0.15) is 0 Å². The fraction of sp³-hybridized carbons (Fsp3) is 0.929. The van der Waals surface area contributed by atoms with Gasteiger partial charge in [-0.3, -0.25) is 0 Å². The van der Waals surface area contributed by atoms with E-state index in [0.29, 0.717) is 6.54 Å². The summed E-state index contributed by atoms with van der Waals surface area (Å²) < 4.78 is 30.6. The maximum absolute atomic E-state index is 12.5. The van der Waals surface area contributed by atoms with E-state index < -0.39 is 10.0 Å². The molecule has 2 fully saturated rings. The van der Waals surface area contributed by atoms with Crippen LogP contribution in [0, 0.1) is 0 Å². The first kappa shape index (κ1) is 17.5. The van der Waals surface area contributed by atoms with Crippen molar-refractivity contribution in [2.75, 3.05) is 26.0 Å². The van der Waals surface area contributed by atoms with E-state index in [1.807, 2.05) is 6.92 Å². The summed E-state index contributed by atoms with van der Waals surface area (Å²) in [6.45, 7) is 3.66. The number of amides is 2. The van der Waals surface area contributed by atoms with Gasteiger partial charge in [0.2, 0.25) is 10.0 Å². The number of nitrogens with one attached hydrogen (secondary N) is 2. The molecule has 2 aliphatic heterocycles. The highest BCUT2D eigenvalue weighted by atomic mass is 32.2.